The summed E-state index contributed by atoms with van der Waals surface area (Å²) < 4.78 is 0. The molecule has 4 nitrogen and oxygen atoms in total. The van der Waals surface area contributed by atoms with Gasteiger partial charge in [-0.05, 0) is 49.5 Å². The minimum atomic E-state index is 0.321. The van der Waals surface area contributed by atoms with Crippen molar-refractivity contribution >= 4 is 23.2 Å². The van der Waals surface area contributed by atoms with Crippen LogP contribution in [0.15, 0.2) is 12.3 Å². The van der Waals surface area contributed by atoms with E-state index in [1.54, 1.807) is 12.3 Å². The third-order valence-electron chi connectivity index (χ3n) is 3.86. The minimum absolute atomic E-state index is 0.321. The highest BCUT2D eigenvalue weighted by Gasteiger charge is 2.41. The normalized spacial score (nSPS) is 18.9. The average Bonchev–Trinajstić information content (AvgIpc) is 3.23. The zero-order valence-corrected chi connectivity index (χ0v) is 11.1. The summed E-state index contributed by atoms with van der Waals surface area (Å²) in [5.41, 5.74) is 6.20. The number of thiocarbonyl (C=S) groups is 1. The molecule has 5 heteroatoms. The molecule has 0 radical (unpaired) electrons. The van der Waals surface area contributed by atoms with Gasteiger partial charge in [-0.25, -0.2) is 9.97 Å². The van der Waals surface area contributed by atoms with E-state index in [1.165, 1.54) is 25.7 Å². The van der Waals surface area contributed by atoms with Gasteiger partial charge < -0.3 is 11.1 Å². The summed E-state index contributed by atoms with van der Waals surface area (Å²) >= 11 is 4.92. The molecule has 0 atom stereocenters. The van der Waals surface area contributed by atoms with Crippen LogP contribution in [0.5, 0.6) is 0 Å². The van der Waals surface area contributed by atoms with E-state index in [1.807, 2.05) is 0 Å². The second-order valence-corrected chi connectivity index (χ2v) is 5.79. The van der Waals surface area contributed by atoms with E-state index in [4.69, 9.17) is 18.0 Å². The van der Waals surface area contributed by atoms with Crippen molar-refractivity contribution in [3.63, 3.8) is 0 Å². The van der Waals surface area contributed by atoms with Gasteiger partial charge in [0, 0.05) is 12.7 Å². The Morgan fingerprint density at radius 3 is 2.61 bits per heavy atom. The SMILES string of the molecule is NC(=S)c1ccnc(NCC(C2CC2)C2CC2)n1. The molecule has 0 saturated heterocycles. The molecule has 0 aliphatic heterocycles. The third kappa shape index (κ3) is 2.77. The van der Waals surface area contributed by atoms with Gasteiger partial charge in [-0.3, -0.25) is 0 Å². The van der Waals surface area contributed by atoms with Gasteiger partial charge in [0.15, 0.2) is 0 Å². The Bertz CT molecular complexity index is 442. The van der Waals surface area contributed by atoms with Crippen LogP contribution >= 0.6 is 12.2 Å². The number of hydrogen-bond donors (Lipinski definition) is 2. The van der Waals surface area contributed by atoms with Crippen LogP contribution in [0.2, 0.25) is 0 Å². The summed E-state index contributed by atoms with van der Waals surface area (Å²) in [4.78, 5) is 8.85. The van der Waals surface area contributed by atoms with E-state index in [0.717, 1.165) is 24.3 Å². The molecule has 96 valence electrons. The van der Waals surface area contributed by atoms with Crippen molar-refractivity contribution < 1.29 is 0 Å². The summed E-state index contributed by atoms with van der Waals surface area (Å²) in [6.07, 6.45) is 7.30. The van der Waals surface area contributed by atoms with E-state index in [2.05, 4.69) is 15.3 Å². The van der Waals surface area contributed by atoms with Crippen molar-refractivity contribution in [1.82, 2.24) is 9.97 Å². The van der Waals surface area contributed by atoms with Crippen LogP contribution < -0.4 is 11.1 Å². The van der Waals surface area contributed by atoms with Gasteiger partial charge in [0.25, 0.3) is 0 Å². The van der Waals surface area contributed by atoms with Gasteiger partial charge >= 0.3 is 0 Å². The van der Waals surface area contributed by atoms with Gasteiger partial charge in [0.2, 0.25) is 5.95 Å². The van der Waals surface area contributed by atoms with Crippen LogP contribution in [0.3, 0.4) is 0 Å². The first-order valence-corrected chi connectivity index (χ1v) is 7.01. The fourth-order valence-corrected chi connectivity index (χ4v) is 2.67. The smallest absolute Gasteiger partial charge is 0.223 e. The molecule has 2 aliphatic carbocycles. The minimum Gasteiger partial charge on any atom is -0.388 e. The van der Waals surface area contributed by atoms with Gasteiger partial charge in [-0.15, -0.1) is 0 Å². The van der Waals surface area contributed by atoms with Crippen molar-refractivity contribution in [3.05, 3.63) is 18.0 Å². The van der Waals surface area contributed by atoms with Gasteiger partial charge in [-0.2, -0.15) is 0 Å². The van der Waals surface area contributed by atoms with Crippen molar-refractivity contribution in [1.29, 1.82) is 0 Å². The largest absolute Gasteiger partial charge is 0.388 e. The number of rotatable bonds is 6. The molecular formula is C13H18N4S. The second kappa shape index (κ2) is 4.80. The molecule has 0 amide bonds. The summed E-state index contributed by atoms with van der Waals surface area (Å²) in [7, 11) is 0. The molecule has 3 rings (SSSR count). The molecule has 1 heterocycles. The maximum Gasteiger partial charge on any atom is 0.223 e. The number of nitrogens with zero attached hydrogens (tertiary/aromatic N) is 2. The van der Waals surface area contributed by atoms with Crippen LogP contribution in [0, 0.1) is 17.8 Å². The van der Waals surface area contributed by atoms with Crippen molar-refractivity contribution in [2.75, 3.05) is 11.9 Å². The van der Waals surface area contributed by atoms with Gasteiger partial charge in [-0.1, -0.05) is 12.2 Å². The van der Waals surface area contributed by atoms with E-state index in [-0.39, 0.29) is 0 Å². The number of nitrogens with two attached hydrogens (primary N) is 1. The van der Waals surface area contributed by atoms with Crippen molar-refractivity contribution in [3.8, 4) is 0 Å². The molecule has 2 saturated carbocycles. The fourth-order valence-electron chi connectivity index (χ4n) is 2.56. The topological polar surface area (TPSA) is 63.8 Å². The van der Waals surface area contributed by atoms with Crippen LogP contribution in [0.4, 0.5) is 5.95 Å². The maximum atomic E-state index is 5.57. The first-order chi connectivity index (χ1) is 8.74. The molecule has 1 aromatic heterocycles. The van der Waals surface area contributed by atoms with Crippen molar-refractivity contribution in [2.24, 2.45) is 23.5 Å². The predicted molar refractivity (Wildman–Crippen MR) is 75.3 cm³/mol. The molecule has 1 aromatic rings. The van der Waals surface area contributed by atoms with Gasteiger partial charge in [0.1, 0.15) is 10.7 Å². The molecule has 3 N–H and O–H groups in total. The Morgan fingerprint density at radius 2 is 2.06 bits per heavy atom. The van der Waals surface area contributed by atoms with Gasteiger partial charge in [0.05, 0.1) is 0 Å². The number of hydrogen-bond acceptors (Lipinski definition) is 4. The highest BCUT2D eigenvalue weighted by molar-refractivity contribution is 7.80. The standard InChI is InChI=1S/C13H18N4S/c14-12(18)11-5-6-15-13(17-11)16-7-10(8-1-2-8)9-3-4-9/h5-6,8-10H,1-4,7H2,(H2,14,18)(H,15,16,17). The zero-order chi connectivity index (χ0) is 12.5. The van der Waals surface area contributed by atoms with Crippen LogP contribution in [-0.2, 0) is 0 Å². The summed E-state index contributed by atoms with van der Waals surface area (Å²) in [5, 5.41) is 3.35. The highest BCUT2D eigenvalue weighted by Crippen LogP contribution is 2.49. The first-order valence-electron chi connectivity index (χ1n) is 6.61. The predicted octanol–water partition coefficient (Wildman–Crippen LogP) is 1.96. The maximum absolute atomic E-state index is 5.57. The van der Waals surface area contributed by atoms with E-state index >= 15 is 0 Å². The molecule has 0 unspecified atom stereocenters. The molecule has 18 heavy (non-hydrogen) atoms. The fraction of sp³-hybridized carbons (Fsp3) is 0.615. The Morgan fingerprint density at radius 1 is 1.39 bits per heavy atom. The lowest BCUT2D eigenvalue weighted by Crippen LogP contribution is -2.20. The Hall–Kier alpha value is -1.23. The number of aromatic nitrogens is 2. The lowest BCUT2D eigenvalue weighted by atomic mass is 9.98. The average molecular weight is 262 g/mol. The number of nitrogens with one attached hydrogen (secondary N) is 1. The summed E-state index contributed by atoms with van der Waals surface area (Å²) in [6, 6.07) is 1.74. The van der Waals surface area contributed by atoms with E-state index in [0.29, 0.717) is 16.6 Å². The summed E-state index contributed by atoms with van der Waals surface area (Å²) in [6.45, 7) is 0.982. The molecule has 2 fully saturated rings. The molecular weight excluding hydrogens is 244 g/mol. The highest BCUT2D eigenvalue weighted by atomic mass is 32.1. The zero-order valence-electron chi connectivity index (χ0n) is 10.3. The quantitative estimate of drug-likeness (QED) is 0.767. The van der Waals surface area contributed by atoms with Crippen molar-refractivity contribution in [2.45, 2.75) is 25.7 Å². The van der Waals surface area contributed by atoms with Crippen LogP contribution in [-0.4, -0.2) is 21.5 Å². The molecule has 0 spiro atoms. The molecule has 0 bridgehead atoms. The monoisotopic (exact) mass is 262 g/mol. The molecule has 2 aliphatic rings. The Labute approximate surface area is 112 Å². The number of anilines is 1. The lowest BCUT2D eigenvalue weighted by molar-refractivity contribution is 0.427. The third-order valence-corrected chi connectivity index (χ3v) is 4.07. The van der Waals surface area contributed by atoms with Crippen LogP contribution in [0.1, 0.15) is 31.4 Å². The van der Waals surface area contributed by atoms with E-state index in [9.17, 15) is 0 Å². The Kier molecular flexibility index (Phi) is 3.16. The summed E-state index contributed by atoms with van der Waals surface area (Å²) in [5.74, 6) is 3.32. The lowest BCUT2D eigenvalue weighted by Gasteiger charge is -2.16. The second-order valence-electron chi connectivity index (χ2n) is 5.35. The van der Waals surface area contributed by atoms with Crippen LogP contribution in [0.25, 0.3) is 0 Å². The Balaban J connectivity index is 1.61. The molecule has 0 aromatic carbocycles. The first kappa shape index (κ1) is 11.8. The van der Waals surface area contributed by atoms with E-state index < -0.39 is 0 Å².